The van der Waals surface area contributed by atoms with Crippen molar-refractivity contribution in [1.82, 2.24) is 10.2 Å². The summed E-state index contributed by atoms with van der Waals surface area (Å²) >= 11 is 11.8. The fourth-order valence-corrected chi connectivity index (χ4v) is 2.14. The number of aryl methyl sites for hydroxylation is 1. The molecule has 1 aromatic heterocycles. The number of hydrogen-bond acceptors (Lipinski definition) is 3. The van der Waals surface area contributed by atoms with Crippen molar-refractivity contribution < 1.29 is 9.84 Å². The van der Waals surface area contributed by atoms with Gasteiger partial charge in [0.05, 0.1) is 11.5 Å². The lowest BCUT2D eigenvalue weighted by Gasteiger charge is -2.08. The van der Waals surface area contributed by atoms with Crippen molar-refractivity contribution in [3.8, 4) is 11.5 Å². The van der Waals surface area contributed by atoms with Gasteiger partial charge >= 0.3 is 0 Å². The summed E-state index contributed by atoms with van der Waals surface area (Å²) in [6.07, 6.45) is 0.241. The molecule has 19 heavy (non-hydrogen) atoms. The minimum Gasteiger partial charge on any atom is -0.513 e. The molecule has 2 N–H and O–H groups in total. The lowest BCUT2D eigenvalue weighted by Crippen LogP contribution is -1.93. The molecule has 2 aromatic rings. The number of nitrogens with one attached hydrogen (secondary N) is 1. The van der Waals surface area contributed by atoms with E-state index in [4.69, 9.17) is 27.9 Å². The molecule has 0 saturated heterocycles. The van der Waals surface area contributed by atoms with E-state index < -0.39 is 0 Å². The summed E-state index contributed by atoms with van der Waals surface area (Å²) in [6, 6.07) is 4.92. The molecule has 100 valence electrons. The quantitative estimate of drug-likeness (QED) is 0.821. The van der Waals surface area contributed by atoms with Gasteiger partial charge in [0.1, 0.15) is 11.4 Å². The maximum Gasteiger partial charge on any atom is 0.171 e. The molecule has 0 aliphatic carbocycles. The van der Waals surface area contributed by atoms with Crippen LogP contribution in [0.15, 0.2) is 30.5 Å². The summed E-state index contributed by atoms with van der Waals surface area (Å²) in [5.41, 5.74) is 1.31. The second-order valence-corrected chi connectivity index (χ2v) is 4.94. The first-order valence-corrected chi connectivity index (χ1v) is 6.26. The van der Waals surface area contributed by atoms with Crippen LogP contribution in [0, 0.1) is 6.92 Å². The van der Waals surface area contributed by atoms with E-state index in [1.807, 2.05) is 0 Å². The average molecular weight is 299 g/mol. The van der Waals surface area contributed by atoms with Crippen LogP contribution < -0.4 is 4.74 Å². The van der Waals surface area contributed by atoms with Gasteiger partial charge in [-0.15, -0.1) is 0 Å². The topological polar surface area (TPSA) is 58.1 Å². The number of ether oxygens (including phenoxy) is 1. The van der Waals surface area contributed by atoms with E-state index in [-0.39, 0.29) is 12.2 Å². The molecule has 0 amide bonds. The Morgan fingerprint density at radius 1 is 1.37 bits per heavy atom. The monoisotopic (exact) mass is 298 g/mol. The van der Waals surface area contributed by atoms with Crippen LogP contribution in [-0.4, -0.2) is 15.3 Å². The standard InChI is InChI=1S/C13H12Cl2N2O2/c1-7(18)3-12-13(8(2)16-17-12)19-11-5-9(14)4-10(15)6-11/h4-6,18H,1,3H2,2H3,(H,16,17). The van der Waals surface area contributed by atoms with E-state index in [0.29, 0.717) is 32.9 Å². The first-order valence-electron chi connectivity index (χ1n) is 5.50. The molecule has 0 unspecified atom stereocenters. The fourth-order valence-electron chi connectivity index (χ4n) is 1.64. The number of allylic oxidation sites excluding steroid dienone is 1. The first-order chi connectivity index (χ1) is 8.95. The minimum absolute atomic E-state index is 0.0256. The van der Waals surface area contributed by atoms with Gasteiger partial charge in [0.15, 0.2) is 5.75 Å². The number of aromatic nitrogens is 2. The number of benzene rings is 1. The van der Waals surface area contributed by atoms with Crippen LogP contribution in [0.2, 0.25) is 10.0 Å². The Hall–Kier alpha value is -1.65. The van der Waals surface area contributed by atoms with Gasteiger partial charge in [-0.25, -0.2) is 0 Å². The van der Waals surface area contributed by atoms with Crippen molar-refractivity contribution in [2.24, 2.45) is 0 Å². The highest BCUT2D eigenvalue weighted by Gasteiger charge is 2.14. The molecule has 0 radical (unpaired) electrons. The van der Waals surface area contributed by atoms with E-state index in [9.17, 15) is 5.11 Å². The summed E-state index contributed by atoms with van der Waals surface area (Å²) in [4.78, 5) is 0. The van der Waals surface area contributed by atoms with E-state index >= 15 is 0 Å². The molecule has 0 bridgehead atoms. The normalized spacial score (nSPS) is 10.5. The molecule has 4 nitrogen and oxygen atoms in total. The maximum absolute atomic E-state index is 9.25. The van der Waals surface area contributed by atoms with Crippen molar-refractivity contribution in [3.63, 3.8) is 0 Å². The molecule has 0 aliphatic heterocycles. The van der Waals surface area contributed by atoms with Crippen molar-refractivity contribution in [3.05, 3.63) is 52.0 Å². The second-order valence-electron chi connectivity index (χ2n) is 4.07. The average Bonchev–Trinajstić information content (AvgIpc) is 2.59. The van der Waals surface area contributed by atoms with Crippen LogP contribution in [0.5, 0.6) is 11.5 Å². The Morgan fingerprint density at radius 2 is 2.00 bits per heavy atom. The molecule has 1 aromatic carbocycles. The van der Waals surface area contributed by atoms with Gasteiger partial charge < -0.3 is 9.84 Å². The number of aliphatic hydroxyl groups is 1. The minimum atomic E-state index is 0.0256. The summed E-state index contributed by atoms with van der Waals surface area (Å²) in [5, 5.41) is 17.1. The lowest BCUT2D eigenvalue weighted by molar-refractivity contribution is 0.396. The zero-order valence-corrected chi connectivity index (χ0v) is 11.7. The molecular formula is C13H12Cl2N2O2. The van der Waals surface area contributed by atoms with Crippen molar-refractivity contribution >= 4 is 23.2 Å². The van der Waals surface area contributed by atoms with Gasteiger partial charge in [-0.2, -0.15) is 5.10 Å². The Morgan fingerprint density at radius 3 is 2.58 bits per heavy atom. The van der Waals surface area contributed by atoms with E-state index in [1.54, 1.807) is 25.1 Å². The number of halogens is 2. The summed E-state index contributed by atoms with van der Waals surface area (Å²) in [6.45, 7) is 5.24. The number of rotatable bonds is 4. The van der Waals surface area contributed by atoms with E-state index in [0.717, 1.165) is 0 Å². The van der Waals surface area contributed by atoms with Crippen LogP contribution in [-0.2, 0) is 6.42 Å². The smallest absolute Gasteiger partial charge is 0.171 e. The van der Waals surface area contributed by atoms with Gasteiger partial charge in [-0.05, 0) is 25.1 Å². The van der Waals surface area contributed by atoms with E-state index in [1.165, 1.54) is 0 Å². The third-order valence-electron chi connectivity index (χ3n) is 2.40. The Labute approximate surface area is 120 Å². The molecule has 0 saturated carbocycles. The molecule has 0 fully saturated rings. The van der Waals surface area contributed by atoms with Crippen molar-refractivity contribution in [2.45, 2.75) is 13.3 Å². The zero-order chi connectivity index (χ0) is 14.0. The Bertz CT molecular complexity index is 603. The molecule has 1 heterocycles. The van der Waals surface area contributed by atoms with Crippen LogP contribution in [0.1, 0.15) is 11.4 Å². The maximum atomic E-state index is 9.25. The largest absolute Gasteiger partial charge is 0.513 e. The van der Waals surface area contributed by atoms with Gasteiger partial charge in [0.25, 0.3) is 0 Å². The highest BCUT2D eigenvalue weighted by atomic mass is 35.5. The third-order valence-corrected chi connectivity index (χ3v) is 2.83. The highest BCUT2D eigenvalue weighted by molar-refractivity contribution is 6.34. The third kappa shape index (κ3) is 3.43. The van der Waals surface area contributed by atoms with Gasteiger partial charge in [-0.3, -0.25) is 5.10 Å². The summed E-state index contributed by atoms with van der Waals surface area (Å²) < 4.78 is 5.73. The Balaban J connectivity index is 2.32. The van der Waals surface area contributed by atoms with Crippen LogP contribution >= 0.6 is 23.2 Å². The second kappa shape index (κ2) is 5.55. The predicted octanol–water partition coefficient (Wildman–Crippen LogP) is 4.43. The van der Waals surface area contributed by atoms with Crippen molar-refractivity contribution in [2.75, 3.05) is 0 Å². The number of nitrogens with zero attached hydrogens (tertiary/aromatic N) is 1. The summed E-state index contributed by atoms with van der Waals surface area (Å²) in [7, 11) is 0. The molecule has 2 rings (SSSR count). The molecule has 0 atom stereocenters. The number of aliphatic hydroxyl groups excluding tert-OH is 1. The predicted molar refractivity (Wildman–Crippen MR) is 75.3 cm³/mol. The van der Waals surface area contributed by atoms with Crippen LogP contribution in [0.4, 0.5) is 0 Å². The van der Waals surface area contributed by atoms with Crippen LogP contribution in [0.3, 0.4) is 0 Å². The Kier molecular flexibility index (Phi) is 4.02. The summed E-state index contributed by atoms with van der Waals surface area (Å²) in [5.74, 6) is 1.07. The fraction of sp³-hybridized carbons (Fsp3) is 0.154. The first kappa shape index (κ1) is 13.8. The molecule has 0 aliphatic rings. The van der Waals surface area contributed by atoms with Gasteiger partial charge in [-0.1, -0.05) is 29.8 Å². The molecule has 6 heteroatoms. The van der Waals surface area contributed by atoms with Crippen molar-refractivity contribution in [1.29, 1.82) is 0 Å². The number of aromatic amines is 1. The number of H-pyrrole nitrogens is 1. The number of hydrogen-bond donors (Lipinski definition) is 2. The highest BCUT2D eigenvalue weighted by Crippen LogP contribution is 2.31. The van der Waals surface area contributed by atoms with E-state index in [2.05, 4.69) is 16.8 Å². The van der Waals surface area contributed by atoms with Crippen LogP contribution in [0.25, 0.3) is 0 Å². The SMILES string of the molecule is C=C(O)Cc1[nH]nc(C)c1Oc1cc(Cl)cc(Cl)c1. The van der Waals surface area contributed by atoms with Gasteiger partial charge in [0.2, 0.25) is 0 Å². The molecular weight excluding hydrogens is 287 g/mol. The lowest BCUT2D eigenvalue weighted by atomic mass is 10.2. The zero-order valence-electron chi connectivity index (χ0n) is 10.2. The molecule has 0 spiro atoms. The van der Waals surface area contributed by atoms with Gasteiger partial charge in [0, 0.05) is 16.5 Å².